The number of alkyl halides is 3. The van der Waals surface area contributed by atoms with E-state index in [4.69, 9.17) is 9.47 Å². The third kappa shape index (κ3) is 7.57. The lowest BCUT2D eigenvalue weighted by molar-refractivity contribution is -0.153. The smallest absolute Gasteiger partial charge is 0.422 e. The molecule has 1 aliphatic heterocycles. The topological polar surface area (TPSA) is 79.8 Å². The molecule has 11 heteroatoms. The van der Waals surface area contributed by atoms with Crippen molar-refractivity contribution >= 4 is 11.8 Å². The van der Waals surface area contributed by atoms with Gasteiger partial charge < -0.3 is 14.4 Å². The fourth-order valence-corrected chi connectivity index (χ4v) is 3.53. The number of anilines is 1. The summed E-state index contributed by atoms with van der Waals surface area (Å²) in [4.78, 5) is 24.4. The first-order valence-corrected chi connectivity index (χ1v) is 10.9. The molecule has 8 nitrogen and oxygen atoms in total. The lowest BCUT2D eigenvalue weighted by atomic mass is 10.2. The molecule has 0 aliphatic carbocycles. The molecule has 2 aromatic carbocycles. The maximum absolute atomic E-state index is 12.4. The predicted molar refractivity (Wildman–Crippen MR) is 122 cm³/mol. The second-order valence-electron chi connectivity index (χ2n) is 7.91. The number of carbonyl (C=O) groups is 1. The number of nitrogens with zero attached hydrogens (tertiary/aromatic N) is 4. The average molecular weight is 487 g/mol. The van der Waals surface area contributed by atoms with Gasteiger partial charge in [-0.2, -0.15) is 13.2 Å². The van der Waals surface area contributed by atoms with E-state index in [1.807, 2.05) is 24.3 Å². The van der Waals surface area contributed by atoms with Crippen LogP contribution in [0.5, 0.6) is 17.2 Å². The summed E-state index contributed by atoms with van der Waals surface area (Å²) in [5.74, 6) is 1.64. The normalized spacial score (nSPS) is 14.4. The molecule has 3 aromatic rings. The summed E-state index contributed by atoms with van der Waals surface area (Å²) >= 11 is 0. The number of hydrogen-bond acceptors (Lipinski definition) is 6. The number of nitrogens with one attached hydrogen (secondary N) is 1. The van der Waals surface area contributed by atoms with Gasteiger partial charge in [-0.05, 0) is 42.0 Å². The lowest BCUT2D eigenvalue weighted by Crippen LogP contribution is -2.49. The number of urea groups is 1. The predicted octanol–water partition coefficient (Wildman–Crippen LogP) is 4.56. The molecule has 2 heterocycles. The molecule has 0 spiro atoms. The summed E-state index contributed by atoms with van der Waals surface area (Å²) in [5.41, 5.74) is 1.05. The highest BCUT2D eigenvalue weighted by atomic mass is 19.4. The van der Waals surface area contributed by atoms with Gasteiger partial charge in [0.15, 0.2) is 12.4 Å². The zero-order valence-corrected chi connectivity index (χ0v) is 18.7. The van der Waals surface area contributed by atoms with Crippen molar-refractivity contribution < 1.29 is 27.4 Å². The SMILES string of the molecule is O=C(Nc1cnccn1)N1CCN(Cc2cccc(Oc3ccc(OCC(F)(F)F)cc3)c2)CC1. The summed E-state index contributed by atoms with van der Waals surface area (Å²) in [6.45, 7) is 1.98. The molecular weight excluding hydrogens is 463 g/mol. The average Bonchev–Trinajstić information content (AvgIpc) is 2.84. The van der Waals surface area contributed by atoms with Crippen LogP contribution >= 0.6 is 0 Å². The molecule has 1 fully saturated rings. The minimum absolute atomic E-state index is 0.118. The Morgan fingerprint density at radius 2 is 1.71 bits per heavy atom. The molecule has 1 N–H and O–H groups in total. The Bertz CT molecular complexity index is 1110. The highest BCUT2D eigenvalue weighted by Crippen LogP contribution is 2.26. The minimum atomic E-state index is -4.38. The first-order chi connectivity index (χ1) is 16.8. The lowest BCUT2D eigenvalue weighted by Gasteiger charge is -2.34. The van der Waals surface area contributed by atoms with Crippen LogP contribution in [-0.4, -0.2) is 64.8 Å². The molecule has 2 amide bonds. The number of piperazine rings is 1. The Balaban J connectivity index is 1.25. The fourth-order valence-electron chi connectivity index (χ4n) is 3.53. The van der Waals surface area contributed by atoms with Crippen LogP contribution < -0.4 is 14.8 Å². The van der Waals surface area contributed by atoms with E-state index in [-0.39, 0.29) is 11.8 Å². The van der Waals surface area contributed by atoms with Gasteiger partial charge in [0.05, 0.1) is 6.20 Å². The Morgan fingerprint density at radius 3 is 2.40 bits per heavy atom. The number of rotatable bonds is 7. The number of halogens is 3. The summed E-state index contributed by atoms with van der Waals surface area (Å²) in [7, 11) is 0. The zero-order chi connectivity index (χ0) is 24.7. The number of ether oxygens (including phenoxy) is 2. The van der Waals surface area contributed by atoms with E-state index < -0.39 is 12.8 Å². The number of aromatic nitrogens is 2. The van der Waals surface area contributed by atoms with Gasteiger partial charge in [0.1, 0.15) is 17.2 Å². The molecule has 0 radical (unpaired) electrons. The van der Waals surface area contributed by atoms with E-state index in [9.17, 15) is 18.0 Å². The summed E-state index contributed by atoms with van der Waals surface area (Å²) in [6.07, 6.45) is 0.181. The summed E-state index contributed by atoms with van der Waals surface area (Å²) < 4.78 is 47.4. The van der Waals surface area contributed by atoms with Crippen LogP contribution in [0.4, 0.5) is 23.8 Å². The van der Waals surface area contributed by atoms with Gasteiger partial charge >= 0.3 is 12.2 Å². The zero-order valence-electron chi connectivity index (χ0n) is 18.7. The quantitative estimate of drug-likeness (QED) is 0.527. The van der Waals surface area contributed by atoms with Gasteiger partial charge in [0.2, 0.25) is 0 Å². The van der Waals surface area contributed by atoms with Crippen molar-refractivity contribution in [1.82, 2.24) is 19.8 Å². The third-order valence-corrected chi connectivity index (χ3v) is 5.22. The molecule has 4 rings (SSSR count). The van der Waals surface area contributed by atoms with Crippen LogP contribution in [0.2, 0.25) is 0 Å². The van der Waals surface area contributed by atoms with Crippen molar-refractivity contribution in [3.63, 3.8) is 0 Å². The van der Waals surface area contributed by atoms with Crippen molar-refractivity contribution in [2.45, 2.75) is 12.7 Å². The second-order valence-corrected chi connectivity index (χ2v) is 7.91. The minimum Gasteiger partial charge on any atom is -0.484 e. The molecule has 0 saturated carbocycles. The van der Waals surface area contributed by atoms with Gasteiger partial charge in [-0.3, -0.25) is 15.2 Å². The molecule has 35 heavy (non-hydrogen) atoms. The van der Waals surface area contributed by atoms with Gasteiger partial charge in [0, 0.05) is 45.1 Å². The van der Waals surface area contributed by atoms with E-state index in [2.05, 4.69) is 20.2 Å². The monoisotopic (exact) mass is 487 g/mol. The maximum atomic E-state index is 12.4. The van der Waals surface area contributed by atoms with Crippen molar-refractivity contribution in [1.29, 1.82) is 0 Å². The Labute approximate surface area is 200 Å². The highest BCUT2D eigenvalue weighted by molar-refractivity contribution is 5.88. The van der Waals surface area contributed by atoms with Crippen LogP contribution in [0.3, 0.4) is 0 Å². The fraction of sp³-hybridized carbons (Fsp3) is 0.292. The number of hydrogen-bond donors (Lipinski definition) is 1. The Kier molecular flexibility index (Phi) is 7.66. The van der Waals surface area contributed by atoms with Crippen molar-refractivity contribution in [3.8, 4) is 17.2 Å². The van der Waals surface area contributed by atoms with Crippen molar-refractivity contribution in [3.05, 3.63) is 72.7 Å². The van der Waals surface area contributed by atoms with Crippen molar-refractivity contribution in [2.24, 2.45) is 0 Å². The van der Waals surface area contributed by atoms with Crippen LogP contribution in [0.1, 0.15) is 5.56 Å². The van der Waals surface area contributed by atoms with Gasteiger partial charge in [-0.25, -0.2) is 9.78 Å². The standard InChI is InChI=1S/C24H24F3N5O3/c25-24(26,27)17-34-19-4-6-20(7-5-19)35-21-3-1-2-18(14-21)16-31-10-12-32(13-11-31)23(33)30-22-15-28-8-9-29-22/h1-9,14-15H,10-13,16-17H2,(H,29,30,33). The van der Waals surface area contributed by atoms with Crippen LogP contribution in [0, 0.1) is 0 Å². The molecular formula is C24H24F3N5O3. The van der Waals surface area contributed by atoms with E-state index in [1.54, 1.807) is 23.2 Å². The number of carbonyl (C=O) groups excluding carboxylic acids is 1. The van der Waals surface area contributed by atoms with Crippen LogP contribution in [0.15, 0.2) is 67.1 Å². The molecule has 1 aliphatic rings. The molecule has 0 unspecified atom stereocenters. The van der Waals surface area contributed by atoms with E-state index in [0.29, 0.717) is 37.0 Å². The molecule has 0 atom stereocenters. The van der Waals surface area contributed by atoms with E-state index in [0.717, 1.165) is 18.7 Å². The van der Waals surface area contributed by atoms with Crippen LogP contribution in [-0.2, 0) is 6.54 Å². The number of amides is 2. The largest absolute Gasteiger partial charge is 0.484 e. The molecule has 0 bridgehead atoms. The van der Waals surface area contributed by atoms with Gasteiger partial charge in [-0.15, -0.1) is 0 Å². The second kappa shape index (κ2) is 11.0. The first kappa shape index (κ1) is 24.3. The van der Waals surface area contributed by atoms with E-state index in [1.165, 1.54) is 24.5 Å². The molecule has 1 saturated heterocycles. The molecule has 184 valence electrons. The third-order valence-electron chi connectivity index (χ3n) is 5.22. The summed E-state index contributed by atoms with van der Waals surface area (Å²) in [6, 6.07) is 13.4. The Hall–Kier alpha value is -3.86. The Morgan fingerprint density at radius 1 is 0.971 bits per heavy atom. The van der Waals surface area contributed by atoms with Crippen LogP contribution in [0.25, 0.3) is 0 Å². The first-order valence-electron chi connectivity index (χ1n) is 10.9. The number of benzene rings is 2. The van der Waals surface area contributed by atoms with Gasteiger partial charge in [-0.1, -0.05) is 12.1 Å². The molecule has 1 aromatic heterocycles. The van der Waals surface area contributed by atoms with Crippen molar-refractivity contribution in [2.75, 3.05) is 38.1 Å². The van der Waals surface area contributed by atoms with E-state index >= 15 is 0 Å². The van der Waals surface area contributed by atoms with Gasteiger partial charge in [0.25, 0.3) is 0 Å². The maximum Gasteiger partial charge on any atom is 0.422 e. The summed E-state index contributed by atoms with van der Waals surface area (Å²) in [5, 5.41) is 2.74. The highest BCUT2D eigenvalue weighted by Gasteiger charge is 2.28.